The first-order valence-corrected chi connectivity index (χ1v) is 7.13. The molecule has 2 aromatic heterocycles. The second-order valence-electron chi connectivity index (χ2n) is 5.00. The van der Waals surface area contributed by atoms with Crippen LogP contribution in [0.1, 0.15) is 15.9 Å². The van der Waals surface area contributed by atoms with E-state index in [1.54, 1.807) is 36.7 Å². The number of nitrogens with one attached hydrogen (secondary N) is 1. The smallest absolute Gasteiger partial charge is 0.257 e. The van der Waals surface area contributed by atoms with Crippen LogP contribution in [0, 0.1) is 6.92 Å². The van der Waals surface area contributed by atoms with Crippen molar-refractivity contribution in [2.75, 3.05) is 5.32 Å². The van der Waals surface area contributed by atoms with Crippen molar-refractivity contribution in [3.63, 3.8) is 0 Å². The predicted molar refractivity (Wildman–Crippen MR) is 87.7 cm³/mol. The lowest BCUT2D eigenvalue weighted by atomic mass is 10.2. The number of benzene rings is 1. The van der Waals surface area contributed by atoms with E-state index in [0.29, 0.717) is 17.1 Å². The van der Waals surface area contributed by atoms with Crippen LogP contribution in [0.15, 0.2) is 67.1 Å². The van der Waals surface area contributed by atoms with E-state index in [1.165, 1.54) is 11.8 Å². The standard InChI is InChI=1S/C18H15N3O2/c1-13-4-7-16(8-5-13)23-17-9-6-15(12-20-17)21-18(22)14-3-2-10-19-11-14/h2-12H,1H3,(H,21,22). The van der Waals surface area contributed by atoms with E-state index in [4.69, 9.17) is 4.74 Å². The molecule has 1 amide bonds. The first-order valence-electron chi connectivity index (χ1n) is 7.13. The summed E-state index contributed by atoms with van der Waals surface area (Å²) in [6.07, 6.45) is 4.69. The maximum absolute atomic E-state index is 12.0. The average Bonchev–Trinajstić information content (AvgIpc) is 2.59. The van der Waals surface area contributed by atoms with Crippen molar-refractivity contribution >= 4 is 11.6 Å². The van der Waals surface area contributed by atoms with Crippen LogP contribution in [-0.2, 0) is 0 Å². The average molecular weight is 305 g/mol. The summed E-state index contributed by atoms with van der Waals surface area (Å²) in [5.74, 6) is 0.954. The largest absolute Gasteiger partial charge is 0.439 e. The number of hydrogen-bond acceptors (Lipinski definition) is 4. The maximum Gasteiger partial charge on any atom is 0.257 e. The Morgan fingerprint density at radius 3 is 2.52 bits per heavy atom. The molecule has 0 saturated heterocycles. The predicted octanol–water partition coefficient (Wildman–Crippen LogP) is 3.83. The van der Waals surface area contributed by atoms with Gasteiger partial charge >= 0.3 is 0 Å². The minimum atomic E-state index is -0.230. The molecule has 1 aromatic carbocycles. The zero-order valence-electron chi connectivity index (χ0n) is 12.6. The van der Waals surface area contributed by atoms with Crippen LogP contribution in [0.3, 0.4) is 0 Å². The minimum absolute atomic E-state index is 0.230. The van der Waals surface area contributed by atoms with Crippen LogP contribution < -0.4 is 10.1 Å². The van der Waals surface area contributed by atoms with Gasteiger partial charge in [-0.05, 0) is 37.3 Å². The van der Waals surface area contributed by atoms with Gasteiger partial charge in [-0.2, -0.15) is 0 Å². The number of ether oxygens (including phenoxy) is 1. The fourth-order valence-electron chi connectivity index (χ4n) is 1.94. The highest BCUT2D eigenvalue weighted by Crippen LogP contribution is 2.20. The Labute approximate surface area is 134 Å². The molecule has 0 bridgehead atoms. The van der Waals surface area contributed by atoms with Crippen molar-refractivity contribution in [2.24, 2.45) is 0 Å². The molecular weight excluding hydrogens is 290 g/mol. The molecule has 5 heteroatoms. The van der Waals surface area contributed by atoms with Gasteiger partial charge in [-0.25, -0.2) is 4.98 Å². The lowest BCUT2D eigenvalue weighted by Gasteiger charge is -2.07. The summed E-state index contributed by atoms with van der Waals surface area (Å²) >= 11 is 0. The molecule has 0 radical (unpaired) electrons. The quantitative estimate of drug-likeness (QED) is 0.795. The second-order valence-corrected chi connectivity index (χ2v) is 5.00. The molecule has 0 aliphatic rings. The molecule has 23 heavy (non-hydrogen) atoms. The molecule has 0 atom stereocenters. The molecule has 2 heterocycles. The summed E-state index contributed by atoms with van der Waals surface area (Å²) in [5, 5.41) is 2.76. The number of aromatic nitrogens is 2. The van der Waals surface area contributed by atoms with E-state index in [9.17, 15) is 4.79 Å². The highest BCUT2D eigenvalue weighted by atomic mass is 16.5. The highest BCUT2D eigenvalue weighted by molar-refractivity contribution is 6.03. The van der Waals surface area contributed by atoms with E-state index in [0.717, 1.165) is 5.75 Å². The van der Waals surface area contributed by atoms with Crippen molar-refractivity contribution in [1.29, 1.82) is 0 Å². The van der Waals surface area contributed by atoms with Gasteiger partial charge in [0.25, 0.3) is 5.91 Å². The Kier molecular flexibility index (Phi) is 4.29. The maximum atomic E-state index is 12.0. The third-order valence-electron chi connectivity index (χ3n) is 3.16. The summed E-state index contributed by atoms with van der Waals surface area (Å²) in [6, 6.07) is 14.6. The van der Waals surface area contributed by atoms with E-state index in [-0.39, 0.29) is 5.91 Å². The number of nitrogens with zero attached hydrogens (tertiary/aromatic N) is 2. The van der Waals surface area contributed by atoms with Crippen LogP contribution in [-0.4, -0.2) is 15.9 Å². The molecular formula is C18H15N3O2. The third-order valence-corrected chi connectivity index (χ3v) is 3.16. The van der Waals surface area contributed by atoms with Crippen LogP contribution in [0.2, 0.25) is 0 Å². The van der Waals surface area contributed by atoms with Gasteiger partial charge in [0.2, 0.25) is 5.88 Å². The number of rotatable bonds is 4. The van der Waals surface area contributed by atoms with E-state index in [2.05, 4.69) is 15.3 Å². The number of amides is 1. The summed E-state index contributed by atoms with van der Waals surface area (Å²) < 4.78 is 5.64. The first kappa shape index (κ1) is 14.7. The zero-order valence-corrected chi connectivity index (χ0v) is 12.6. The Morgan fingerprint density at radius 2 is 1.87 bits per heavy atom. The highest BCUT2D eigenvalue weighted by Gasteiger charge is 2.06. The van der Waals surface area contributed by atoms with Gasteiger partial charge < -0.3 is 10.1 Å². The van der Waals surface area contributed by atoms with Crippen molar-refractivity contribution in [1.82, 2.24) is 9.97 Å². The van der Waals surface area contributed by atoms with Crippen LogP contribution >= 0.6 is 0 Å². The normalized spacial score (nSPS) is 10.1. The zero-order chi connectivity index (χ0) is 16.1. The third kappa shape index (κ3) is 3.91. The van der Waals surface area contributed by atoms with Crippen molar-refractivity contribution in [3.8, 4) is 11.6 Å². The van der Waals surface area contributed by atoms with Gasteiger partial charge in [0, 0.05) is 18.5 Å². The monoisotopic (exact) mass is 305 g/mol. The molecule has 5 nitrogen and oxygen atoms in total. The fourth-order valence-corrected chi connectivity index (χ4v) is 1.94. The van der Waals surface area contributed by atoms with Gasteiger partial charge in [0.1, 0.15) is 5.75 Å². The molecule has 3 rings (SSSR count). The van der Waals surface area contributed by atoms with E-state index >= 15 is 0 Å². The van der Waals surface area contributed by atoms with Crippen LogP contribution in [0.25, 0.3) is 0 Å². The van der Waals surface area contributed by atoms with E-state index < -0.39 is 0 Å². The lowest BCUT2D eigenvalue weighted by molar-refractivity contribution is 0.102. The second kappa shape index (κ2) is 6.70. The Hall–Kier alpha value is -3.21. The minimum Gasteiger partial charge on any atom is -0.439 e. The number of anilines is 1. The molecule has 0 saturated carbocycles. The van der Waals surface area contributed by atoms with Gasteiger partial charge in [-0.15, -0.1) is 0 Å². The molecule has 0 aliphatic carbocycles. The Morgan fingerprint density at radius 1 is 1.04 bits per heavy atom. The number of carbonyl (C=O) groups excluding carboxylic acids is 1. The first-order chi connectivity index (χ1) is 11.2. The fraction of sp³-hybridized carbons (Fsp3) is 0.0556. The number of carbonyl (C=O) groups is 1. The van der Waals surface area contributed by atoms with Gasteiger partial charge in [0.15, 0.2) is 0 Å². The van der Waals surface area contributed by atoms with Gasteiger partial charge in [-0.3, -0.25) is 9.78 Å². The van der Waals surface area contributed by atoms with Crippen molar-refractivity contribution in [2.45, 2.75) is 6.92 Å². The topological polar surface area (TPSA) is 64.1 Å². The SMILES string of the molecule is Cc1ccc(Oc2ccc(NC(=O)c3cccnc3)cn2)cc1. The number of hydrogen-bond donors (Lipinski definition) is 1. The summed E-state index contributed by atoms with van der Waals surface area (Å²) in [4.78, 5) is 20.1. The molecule has 1 N–H and O–H groups in total. The molecule has 114 valence electrons. The van der Waals surface area contributed by atoms with E-state index in [1.807, 2.05) is 31.2 Å². The van der Waals surface area contributed by atoms with Crippen molar-refractivity contribution in [3.05, 3.63) is 78.2 Å². The van der Waals surface area contributed by atoms with Crippen molar-refractivity contribution < 1.29 is 9.53 Å². The molecule has 0 unspecified atom stereocenters. The molecule has 3 aromatic rings. The Balaban J connectivity index is 1.65. The molecule has 0 aliphatic heterocycles. The summed E-state index contributed by atoms with van der Waals surface area (Å²) in [7, 11) is 0. The molecule has 0 fully saturated rings. The van der Waals surface area contributed by atoms with Gasteiger partial charge in [0.05, 0.1) is 17.4 Å². The lowest BCUT2D eigenvalue weighted by Crippen LogP contribution is -2.12. The molecule has 0 spiro atoms. The van der Waals surface area contributed by atoms with Gasteiger partial charge in [-0.1, -0.05) is 17.7 Å². The van der Waals surface area contributed by atoms with Crippen LogP contribution in [0.4, 0.5) is 5.69 Å². The number of pyridine rings is 2. The summed E-state index contributed by atoms with van der Waals surface area (Å²) in [5.41, 5.74) is 2.25. The number of aryl methyl sites for hydroxylation is 1. The Bertz CT molecular complexity index is 785. The summed E-state index contributed by atoms with van der Waals surface area (Å²) in [6.45, 7) is 2.02. The van der Waals surface area contributed by atoms with Crippen LogP contribution in [0.5, 0.6) is 11.6 Å².